The van der Waals surface area contributed by atoms with Crippen molar-refractivity contribution >= 4 is 22.6 Å². The van der Waals surface area contributed by atoms with Crippen molar-refractivity contribution < 1.29 is 13.9 Å². The Morgan fingerprint density at radius 3 is 2.67 bits per heavy atom. The topological polar surface area (TPSA) is 57.4 Å². The third kappa shape index (κ3) is 3.71. The molecule has 3 aromatic carbocycles. The number of hydrogen-bond acceptors (Lipinski definition) is 2. The Labute approximate surface area is 192 Å². The van der Waals surface area contributed by atoms with Crippen LogP contribution in [0.1, 0.15) is 34.0 Å². The lowest BCUT2D eigenvalue weighted by Gasteiger charge is -2.36. The molecule has 6 heteroatoms. The predicted molar refractivity (Wildman–Crippen MR) is 128 cm³/mol. The zero-order chi connectivity index (χ0) is 23.1. The largest absolute Gasteiger partial charge is 0.497 e. The van der Waals surface area contributed by atoms with Crippen LogP contribution in [0.4, 0.5) is 14.9 Å². The number of H-pyrrole nitrogens is 1. The summed E-state index contributed by atoms with van der Waals surface area (Å²) in [6, 6.07) is 17.7. The summed E-state index contributed by atoms with van der Waals surface area (Å²) in [5.41, 5.74) is 6.91. The highest BCUT2D eigenvalue weighted by molar-refractivity contribution is 5.92. The molecule has 5 rings (SSSR count). The Balaban J connectivity index is 1.59. The van der Waals surface area contributed by atoms with E-state index in [4.69, 9.17) is 4.74 Å². The maximum Gasteiger partial charge on any atom is 0.322 e. The van der Waals surface area contributed by atoms with Gasteiger partial charge < -0.3 is 19.9 Å². The van der Waals surface area contributed by atoms with Crippen LogP contribution in [-0.2, 0) is 6.42 Å². The van der Waals surface area contributed by atoms with Gasteiger partial charge in [0.15, 0.2) is 0 Å². The number of aryl methyl sites for hydroxylation is 1. The SMILES string of the molecule is COc1ccc2[nH]c3c(c2c1)CCN(C(=O)Nc1cccc(C)c1C)[C@@H]3c1ccc(F)cc1. The van der Waals surface area contributed by atoms with Crippen molar-refractivity contribution in [2.45, 2.75) is 26.3 Å². The number of carbonyl (C=O) groups excluding carboxylic acids is 1. The lowest BCUT2D eigenvalue weighted by molar-refractivity contribution is 0.193. The summed E-state index contributed by atoms with van der Waals surface area (Å²) >= 11 is 0. The number of aromatic nitrogens is 1. The molecule has 0 fully saturated rings. The van der Waals surface area contributed by atoms with Crippen LogP contribution < -0.4 is 10.1 Å². The van der Waals surface area contributed by atoms with Gasteiger partial charge >= 0.3 is 6.03 Å². The number of nitrogens with zero attached hydrogens (tertiary/aromatic N) is 1. The van der Waals surface area contributed by atoms with E-state index >= 15 is 0 Å². The number of carbonyl (C=O) groups is 1. The fraction of sp³-hybridized carbons (Fsp3) is 0.222. The minimum Gasteiger partial charge on any atom is -0.497 e. The van der Waals surface area contributed by atoms with Crippen LogP contribution in [0, 0.1) is 19.7 Å². The second-order valence-electron chi connectivity index (χ2n) is 8.50. The van der Waals surface area contributed by atoms with Gasteiger partial charge in [0.1, 0.15) is 11.6 Å². The van der Waals surface area contributed by atoms with Crippen LogP contribution in [0.3, 0.4) is 0 Å². The highest BCUT2D eigenvalue weighted by Gasteiger charge is 2.35. The monoisotopic (exact) mass is 443 g/mol. The number of rotatable bonds is 3. The molecule has 0 unspecified atom stereocenters. The number of fused-ring (bicyclic) bond motifs is 3. The molecular formula is C27H26FN3O2. The zero-order valence-corrected chi connectivity index (χ0v) is 18.9. The van der Waals surface area contributed by atoms with Crippen LogP contribution in [0.5, 0.6) is 5.75 Å². The van der Waals surface area contributed by atoms with Gasteiger partial charge in [0, 0.05) is 28.8 Å². The van der Waals surface area contributed by atoms with Crippen LogP contribution in [0.25, 0.3) is 10.9 Å². The molecule has 0 bridgehead atoms. The predicted octanol–water partition coefficient (Wildman–Crippen LogP) is 6.11. The van der Waals surface area contributed by atoms with Crippen molar-refractivity contribution in [3.8, 4) is 5.75 Å². The molecule has 0 radical (unpaired) electrons. The summed E-state index contributed by atoms with van der Waals surface area (Å²) in [4.78, 5) is 18.9. The average Bonchev–Trinajstić information content (AvgIpc) is 3.20. The first-order valence-corrected chi connectivity index (χ1v) is 11.0. The minimum absolute atomic E-state index is 0.181. The van der Waals surface area contributed by atoms with Gasteiger partial charge in [-0.2, -0.15) is 0 Å². The highest BCUT2D eigenvalue weighted by Crippen LogP contribution is 2.39. The van der Waals surface area contributed by atoms with Crippen molar-refractivity contribution in [2.24, 2.45) is 0 Å². The van der Waals surface area contributed by atoms with Gasteiger partial charge in [-0.05, 0) is 78.9 Å². The van der Waals surface area contributed by atoms with Crippen molar-refractivity contribution in [2.75, 3.05) is 19.0 Å². The van der Waals surface area contributed by atoms with E-state index in [-0.39, 0.29) is 17.9 Å². The average molecular weight is 444 g/mol. The third-order valence-corrected chi connectivity index (χ3v) is 6.63. The Morgan fingerprint density at radius 2 is 1.91 bits per heavy atom. The van der Waals surface area contributed by atoms with Crippen LogP contribution in [0.15, 0.2) is 60.7 Å². The standard InChI is InChI=1S/C27H26FN3O2/c1-16-5-4-6-23(17(16)2)30-27(32)31-14-13-21-22-15-20(33-3)11-12-24(22)29-25(21)26(31)18-7-9-19(28)10-8-18/h4-12,15,26,29H,13-14H2,1-3H3,(H,30,32)/t26-/m1/s1. The number of amides is 2. The van der Waals surface area contributed by atoms with E-state index in [1.165, 1.54) is 12.1 Å². The van der Waals surface area contributed by atoms with Crippen LogP contribution in [0.2, 0.25) is 0 Å². The van der Waals surface area contributed by atoms with Gasteiger partial charge in [-0.1, -0.05) is 24.3 Å². The summed E-state index contributed by atoms with van der Waals surface area (Å²) in [5.74, 6) is 0.486. The Bertz CT molecular complexity index is 1340. The molecule has 168 valence electrons. The number of nitrogens with one attached hydrogen (secondary N) is 2. The van der Waals surface area contributed by atoms with Gasteiger partial charge in [0.05, 0.1) is 13.2 Å². The second kappa shape index (κ2) is 8.28. The molecule has 4 aromatic rings. The molecular weight excluding hydrogens is 417 g/mol. The summed E-state index contributed by atoms with van der Waals surface area (Å²) in [6.07, 6.45) is 0.709. The molecule has 0 spiro atoms. The number of hydrogen-bond donors (Lipinski definition) is 2. The van der Waals surface area contributed by atoms with E-state index in [1.807, 2.05) is 55.1 Å². The summed E-state index contributed by atoms with van der Waals surface area (Å²) in [5, 5.41) is 4.18. The molecule has 0 saturated heterocycles. The van der Waals surface area contributed by atoms with Gasteiger partial charge in [0.2, 0.25) is 0 Å². The number of aromatic amines is 1. The van der Waals surface area contributed by atoms with Gasteiger partial charge in [-0.25, -0.2) is 9.18 Å². The highest BCUT2D eigenvalue weighted by atomic mass is 19.1. The first-order valence-electron chi connectivity index (χ1n) is 11.0. The van der Waals surface area contributed by atoms with Gasteiger partial charge in [-0.15, -0.1) is 0 Å². The summed E-state index contributed by atoms with van der Waals surface area (Å²) in [6.45, 7) is 4.57. The molecule has 1 aliphatic heterocycles. The van der Waals surface area contributed by atoms with Gasteiger partial charge in [-0.3, -0.25) is 0 Å². The first-order chi connectivity index (χ1) is 16.0. The van der Waals surface area contributed by atoms with E-state index in [2.05, 4.69) is 10.3 Å². The summed E-state index contributed by atoms with van der Waals surface area (Å²) in [7, 11) is 1.65. The Kier molecular flexibility index (Phi) is 5.29. The Hall–Kier alpha value is -3.80. The van der Waals surface area contributed by atoms with Crippen molar-refractivity contribution in [1.82, 2.24) is 9.88 Å². The second-order valence-corrected chi connectivity index (χ2v) is 8.50. The number of methoxy groups -OCH3 is 1. The minimum atomic E-state index is -0.363. The molecule has 2 amide bonds. The number of urea groups is 1. The Morgan fingerprint density at radius 1 is 1.12 bits per heavy atom. The van der Waals surface area contributed by atoms with Crippen LogP contribution >= 0.6 is 0 Å². The normalized spacial score (nSPS) is 15.4. The maximum absolute atomic E-state index is 13.7. The smallest absolute Gasteiger partial charge is 0.322 e. The molecule has 2 N–H and O–H groups in total. The van der Waals surface area contributed by atoms with E-state index in [9.17, 15) is 9.18 Å². The lowest BCUT2D eigenvalue weighted by atomic mass is 9.92. The molecule has 1 aromatic heterocycles. The first kappa shape index (κ1) is 21.1. The quantitative estimate of drug-likeness (QED) is 0.401. The molecule has 1 atom stereocenters. The maximum atomic E-state index is 13.7. The van der Waals surface area contributed by atoms with E-state index in [1.54, 1.807) is 19.2 Å². The van der Waals surface area contributed by atoms with Crippen molar-refractivity contribution in [1.29, 1.82) is 0 Å². The number of benzene rings is 3. The number of halogens is 1. The zero-order valence-electron chi connectivity index (χ0n) is 18.9. The molecule has 33 heavy (non-hydrogen) atoms. The number of ether oxygens (including phenoxy) is 1. The fourth-order valence-corrected chi connectivity index (χ4v) is 4.68. The fourth-order valence-electron chi connectivity index (χ4n) is 4.68. The lowest BCUT2D eigenvalue weighted by Crippen LogP contribution is -2.43. The van der Waals surface area contributed by atoms with E-state index in [0.717, 1.165) is 50.3 Å². The molecule has 0 saturated carbocycles. The van der Waals surface area contributed by atoms with E-state index in [0.29, 0.717) is 13.0 Å². The van der Waals surface area contributed by atoms with E-state index < -0.39 is 0 Å². The van der Waals surface area contributed by atoms with Crippen molar-refractivity contribution in [3.63, 3.8) is 0 Å². The molecule has 0 aliphatic carbocycles. The van der Waals surface area contributed by atoms with Crippen LogP contribution in [-0.4, -0.2) is 29.6 Å². The van der Waals surface area contributed by atoms with Crippen molar-refractivity contribution in [3.05, 3.63) is 94.4 Å². The van der Waals surface area contributed by atoms with Gasteiger partial charge in [0.25, 0.3) is 0 Å². The molecule has 5 nitrogen and oxygen atoms in total. The third-order valence-electron chi connectivity index (χ3n) is 6.63. The molecule has 2 heterocycles. The molecule has 1 aliphatic rings. The summed E-state index contributed by atoms with van der Waals surface area (Å²) < 4.78 is 19.1. The number of anilines is 1.